The normalized spacial score (nSPS) is 34.4. The summed E-state index contributed by atoms with van der Waals surface area (Å²) in [6.45, 7) is 4.99. The molecule has 6 nitrogen and oxygen atoms in total. The minimum Gasteiger partial charge on any atom is -0.450 e. The van der Waals surface area contributed by atoms with Gasteiger partial charge >= 0.3 is 6.09 Å². The third kappa shape index (κ3) is 5.12. The van der Waals surface area contributed by atoms with E-state index in [9.17, 15) is 9.59 Å². The molecule has 0 spiro atoms. The average molecular weight is 420 g/mol. The Labute approximate surface area is 181 Å². The minimum atomic E-state index is -0.240. The quantitative estimate of drug-likeness (QED) is 0.525. The van der Waals surface area contributed by atoms with Gasteiger partial charge in [0.25, 0.3) is 0 Å². The monoisotopic (exact) mass is 419 g/mol. The van der Waals surface area contributed by atoms with Crippen LogP contribution in [0.4, 0.5) is 4.79 Å². The van der Waals surface area contributed by atoms with Gasteiger partial charge in [0.2, 0.25) is 5.91 Å². The first-order valence-electron chi connectivity index (χ1n) is 12.5. The summed E-state index contributed by atoms with van der Waals surface area (Å²) < 4.78 is 5.53. The maximum absolute atomic E-state index is 12.6. The molecule has 0 aromatic rings. The van der Waals surface area contributed by atoms with Gasteiger partial charge < -0.3 is 20.3 Å². The van der Waals surface area contributed by atoms with Crippen LogP contribution in [-0.2, 0) is 9.53 Å². The molecule has 2 unspecified atom stereocenters. The highest BCUT2D eigenvalue weighted by Gasteiger charge is 2.58. The van der Waals surface area contributed by atoms with Gasteiger partial charge in [0.05, 0.1) is 13.2 Å². The SMILES string of the molecule is CCCCCCCOC(=O)NC12CC3CC(CC(NCC(=O)N4CCCC4)(C3)C1)C2. The number of carbonyl (C=O) groups excluding carboxylic acids is 2. The van der Waals surface area contributed by atoms with Crippen LogP contribution in [0.15, 0.2) is 0 Å². The van der Waals surface area contributed by atoms with Crippen molar-refractivity contribution in [2.24, 2.45) is 11.8 Å². The van der Waals surface area contributed by atoms with E-state index >= 15 is 0 Å². The van der Waals surface area contributed by atoms with Crippen LogP contribution in [0.3, 0.4) is 0 Å². The molecule has 0 aromatic heterocycles. The second-order valence-corrected chi connectivity index (χ2v) is 10.6. The largest absolute Gasteiger partial charge is 0.450 e. The van der Waals surface area contributed by atoms with Crippen molar-refractivity contribution in [1.82, 2.24) is 15.5 Å². The molecular formula is C24H41N3O3. The van der Waals surface area contributed by atoms with Crippen LogP contribution in [0.2, 0.25) is 0 Å². The highest BCUT2D eigenvalue weighted by Crippen LogP contribution is 2.57. The van der Waals surface area contributed by atoms with Crippen molar-refractivity contribution in [3.8, 4) is 0 Å². The maximum Gasteiger partial charge on any atom is 0.407 e. The molecule has 1 aliphatic heterocycles. The first-order valence-corrected chi connectivity index (χ1v) is 12.5. The molecule has 4 bridgehead atoms. The fourth-order valence-corrected chi connectivity index (χ4v) is 7.08. The molecule has 170 valence electrons. The summed E-state index contributed by atoms with van der Waals surface area (Å²) in [7, 11) is 0. The zero-order valence-corrected chi connectivity index (χ0v) is 18.8. The standard InChI is InChI=1S/C24H41N3O3/c1-2-3-4-5-8-11-30-22(29)26-24-15-19-12-20(16-24)14-23(13-19,18-24)25-17-21(28)27-9-6-7-10-27/h19-20,25H,2-18H2,1H3,(H,26,29). The number of ether oxygens (including phenoxy) is 1. The Hall–Kier alpha value is -1.30. The van der Waals surface area contributed by atoms with Crippen molar-refractivity contribution in [2.45, 2.75) is 101 Å². The lowest BCUT2D eigenvalue weighted by atomic mass is 9.50. The average Bonchev–Trinajstić information content (AvgIpc) is 3.22. The molecule has 1 saturated heterocycles. The molecule has 6 heteroatoms. The van der Waals surface area contributed by atoms with E-state index in [4.69, 9.17) is 4.74 Å². The van der Waals surface area contributed by atoms with Crippen LogP contribution in [0, 0.1) is 11.8 Å². The van der Waals surface area contributed by atoms with Crippen molar-refractivity contribution >= 4 is 12.0 Å². The van der Waals surface area contributed by atoms with Crippen LogP contribution >= 0.6 is 0 Å². The Balaban J connectivity index is 1.28. The van der Waals surface area contributed by atoms with Crippen molar-refractivity contribution < 1.29 is 14.3 Å². The Morgan fingerprint density at radius 3 is 2.33 bits per heavy atom. The van der Waals surface area contributed by atoms with Crippen molar-refractivity contribution in [2.75, 3.05) is 26.2 Å². The molecule has 5 aliphatic rings. The van der Waals surface area contributed by atoms with Gasteiger partial charge in [-0.2, -0.15) is 0 Å². The molecule has 4 aliphatic carbocycles. The van der Waals surface area contributed by atoms with Crippen LogP contribution in [-0.4, -0.2) is 54.2 Å². The molecule has 30 heavy (non-hydrogen) atoms. The zero-order chi connectivity index (χ0) is 21.0. The number of nitrogens with zero attached hydrogens (tertiary/aromatic N) is 1. The highest BCUT2D eigenvalue weighted by molar-refractivity contribution is 5.78. The second-order valence-electron chi connectivity index (χ2n) is 10.6. The molecule has 2 atom stereocenters. The Morgan fingerprint density at radius 1 is 0.967 bits per heavy atom. The summed E-state index contributed by atoms with van der Waals surface area (Å²) >= 11 is 0. The zero-order valence-electron chi connectivity index (χ0n) is 18.8. The Morgan fingerprint density at radius 2 is 1.63 bits per heavy atom. The van der Waals surface area contributed by atoms with Gasteiger partial charge in [-0.3, -0.25) is 4.79 Å². The van der Waals surface area contributed by atoms with Crippen molar-refractivity contribution in [3.05, 3.63) is 0 Å². The van der Waals surface area contributed by atoms with Gasteiger partial charge in [0.1, 0.15) is 0 Å². The first kappa shape index (κ1) is 21.9. The number of rotatable bonds is 10. The molecular weight excluding hydrogens is 378 g/mol. The van der Waals surface area contributed by atoms with Gasteiger partial charge in [0, 0.05) is 24.2 Å². The summed E-state index contributed by atoms with van der Waals surface area (Å²) in [5.41, 5.74) is -0.139. The van der Waals surface area contributed by atoms with Crippen molar-refractivity contribution in [1.29, 1.82) is 0 Å². The number of carbonyl (C=O) groups is 2. The molecule has 5 fully saturated rings. The third-order valence-electron chi connectivity index (χ3n) is 7.98. The summed E-state index contributed by atoms with van der Waals surface area (Å²) in [5, 5.41) is 6.99. The number of likely N-dealkylation sites (tertiary alicyclic amines) is 1. The fourth-order valence-electron chi connectivity index (χ4n) is 7.08. The fraction of sp³-hybridized carbons (Fsp3) is 0.917. The van der Waals surface area contributed by atoms with Gasteiger partial charge in [-0.05, 0) is 69.6 Å². The summed E-state index contributed by atoms with van der Waals surface area (Å²) in [6, 6.07) is 0. The maximum atomic E-state index is 12.6. The van der Waals surface area contributed by atoms with E-state index in [1.807, 2.05) is 4.90 Å². The van der Waals surface area contributed by atoms with E-state index in [2.05, 4.69) is 17.6 Å². The van der Waals surface area contributed by atoms with Crippen LogP contribution < -0.4 is 10.6 Å². The number of unbranched alkanes of at least 4 members (excludes halogenated alkanes) is 4. The lowest BCUT2D eigenvalue weighted by molar-refractivity contribution is -0.130. The third-order valence-corrected chi connectivity index (χ3v) is 7.98. The highest BCUT2D eigenvalue weighted by atomic mass is 16.5. The molecule has 5 rings (SSSR count). The van der Waals surface area contributed by atoms with Crippen LogP contribution in [0.5, 0.6) is 0 Å². The lowest BCUT2D eigenvalue weighted by Crippen LogP contribution is -2.69. The molecule has 0 aromatic carbocycles. The van der Waals surface area contributed by atoms with E-state index in [-0.39, 0.29) is 23.1 Å². The molecule has 2 amide bonds. The van der Waals surface area contributed by atoms with Gasteiger partial charge in [-0.1, -0.05) is 32.6 Å². The van der Waals surface area contributed by atoms with Crippen LogP contribution in [0.1, 0.15) is 90.4 Å². The molecule has 4 saturated carbocycles. The second kappa shape index (κ2) is 9.46. The Kier molecular flexibility index (Phi) is 6.91. The molecule has 2 N–H and O–H groups in total. The summed E-state index contributed by atoms with van der Waals surface area (Å²) in [5.74, 6) is 1.54. The van der Waals surface area contributed by atoms with E-state index < -0.39 is 0 Å². The van der Waals surface area contributed by atoms with Gasteiger partial charge in [0.15, 0.2) is 0 Å². The number of alkyl carbamates (subject to hydrolysis) is 1. The lowest BCUT2D eigenvalue weighted by Gasteiger charge is -2.62. The van der Waals surface area contributed by atoms with Crippen molar-refractivity contribution in [3.63, 3.8) is 0 Å². The van der Waals surface area contributed by atoms with E-state index in [0.717, 1.165) is 70.9 Å². The van der Waals surface area contributed by atoms with Crippen LogP contribution in [0.25, 0.3) is 0 Å². The van der Waals surface area contributed by atoms with E-state index in [1.165, 1.54) is 25.7 Å². The predicted octanol–water partition coefficient (Wildman–Crippen LogP) is 3.99. The first-order chi connectivity index (χ1) is 14.5. The number of amides is 2. The number of hydrogen-bond acceptors (Lipinski definition) is 4. The smallest absolute Gasteiger partial charge is 0.407 e. The minimum absolute atomic E-state index is 0.00685. The Bertz CT molecular complexity index is 603. The molecule has 1 heterocycles. The molecule has 0 radical (unpaired) electrons. The number of hydrogen-bond donors (Lipinski definition) is 2. The predicted molar refractivity (Wildman–Crippen MR) is 117 cm³/mol. The van der Waals surface area contributed by atoms with E-state index in [0.29, 0.717) is 25.0 Å². The van der Waals surface area contributed by atoms with Gasteiger partial charge in [-0.15, -0.1) is 0 Å². The number of nitrogens with one attached hydrogen (secondary N) is 2. The van der Waals surface area contributed by atoms with E-state index in [1.54, 1.807) is 0 Å². The summed E-state index contributed by atoms with van der Waals surface area (Å²) in [6.07, 6.45) is 14.5. The summed E-state index contributed by atoms with van der Waals surface area (Å²) in [4.78, 5) is 27.1. The van der Waals surface area contributed by atoms with Gasteiger partial charge in [-0.25, -0.2) is 4.79 Å². The topological polar surface area (TPSA) is 70.7 Å².